The quantitative estimate of drug-likeness (QED) is 0.885. The smallest absolute Gasteiger partial charge is 0.130 e. The number of rotatable bonds is 5. The second kappa shape index (κ2) is 6.79. The van der Waals surface area contributed by atoms with E-state index >= 15 is 0 Å². The fraction of sp³-hybridized carbons (Fsp3) is 0.500. The van der Waals surface area contributed by atoms with Gasteiger partial charge in [0.15, 0.2) is 0 Å². The molecule has 0 amide bonds. The summed E-state index contributed by atoms with van der Waals surface area (Å²) >= 11 is 0. The molecule has 2 aromatic rings. The van der Waals surface area contributed by atoms with Gasteiger partial charge in [0.25, 0.3) is 0 Å². The molecule has 0 atom stereocenters. The van der Waals surface area contributed by atoms with Gasteiger partial charge in [0.05, 0.1) is 0 Å². The van der Waals surface area contributed by atoms with E-state index in [0.717, 1.165) is 34.2 Å². The van der Waals surface area contributed by atoms with Crippen LogP contribution in [-0.2, 0) is 0 Å². The van der Waals surface area contributed by atoms with E-state index in [2.05, 4.69) is 43.9 Å². The maximum Gasteiger partial charge on any atom is 0.130 e. The molecule has 3 heteroatoms. The van der Waals surface area contributed by atoms with Gasteiger partial charge in [0.2, 0.25) is 0 Å². The number of benzene rings is 2. The zero-order valence-corrected chi connectivity index (χ0v) is 14.4. The molecule has 0 unspecified atom stereocenters. The van der Waals surface area contributed by atoms with Crippen LogP contribution in [0, 0.1) is 6.92 Å². The Kier molecular flexibility index (Phi) is 4.76. The van der Waals surface area contributed by atoms with Crippen LogP contribution in [-0.4, -0.2) is 36.2 Å². The first-order valence-corrected chi connectivity index (χ1v) is 8.67. The predicted octanol–water partition coefficient (Wildman–Crippen LogP) is 4.45. The topological polar surface area (TPSA) is 32.7 Å². The Balaban J connectivity index is 1.85. The van der Waals surface area contributed by atoms with Crippen molar-refractivity contribution in [1.29, 1.82) is 0 Å². The first-order valence-electron chi connectivity index (χ1n) is 8.67. The second-order valence-corrected chi connectivity index (χ2v) is 6.90. The van der Waals surface area contributed by atoms with Gasteiger partial charge in [-0.25, -0.2) is 0 Å². The molecular formula is C20H27NO2. The Bertz CT molecular complexity index is 688. The van der Waals surface area contributed by atoms with Crippen LogP contribution in [0.15, 0.2) is 24.3 Å². The molecule has 3 rings (SSSR count). The van der Waals surface area contributed by atoms with Crippen molar-refractivity contribution in [2.75, 3.05) is 26.2 Å². The van der Waals surface area contributed by atoms with Crippen LogP contribution >= 0.6 is 0 Å². The summed E-state index contributed by atoms with van der Waals surface area (Å²) < 4.78 is 6.11. The molecule has 0 spiro atoms. The lowest BCUT2D eigenvalue weighted by atomic mass is 9.96. The van der Waals surface area contributed by atoms with Crippen LogP contribution in [0.2, 0.25) is 0 Å². The highest BCUT2D eigenvalue weighted by Gasteiger charge is 2.14. The number of ether oxygens (including phenoxy) is 1. The number of aromatic hydroxyl groups is 1. The summed E-state index contributed by atoms with van der Waals surface area (Å²) in [6.45, 7) is 10.3. The summed E-state index contributed by atoms with van der Waals surface area (Å²) in [5.41, 5.74) is 2.11. The van der Waals surface area contributed by atoms with E-state index < -0.39 is 0 Å². The van der Waals surface area contributed by atoms with E-state index in [4.69, 9.17) is 4.74 Å². The minimum absolute atomic E-state index is 0.306. The predicted molar refractivity (Wildman–Crippen MR) is 95.6 cm³/mol. The number of phenols is 1. The van der Waals surface area contributed by atoms with Crippen molar-refractivity contribution < 1.29 is 9.84 Å². The van der Waals surface area contributed by atoms with Crippen LogP contribution in [0.4, 0.5) is 0 Å². The second-order valence-electron chi connectivity index (χ2n) is 6.90. The van der Waals surface area contributed by atoms with Crippen molar-refractivity contribution in [2.45, 2.75) is 39.5 Å². The van der Waals surface area contributed by atoms with Crippen molar-refractivity contribution in [2.24, 2.45) is 0 Å². The lowest BCUT2D eigenvalue weighted by molar-refractivity contribution is 0.238. The molecule has 124 valence electrons. The summed E-state index contributed by atoms with van der Waals surface area (Å²) in [5.74, 6) is 1.58. The molecule has 3 nitrogen and oxygen atoms in total. The van der Waals surface area contributed by atoms with Gasteiger partial charge in [-0.1, -0.05) is 26.0 Å². The van der Waals surface area contributed by atoms with E-state index in [-0.39, 0.29) is 0 Å². The number of nitrogens with zero attached hydrogens (tertiary/aromatic N) is 1. The SMILES string of the molecule is Cc1ccc2cc(C(C)C)c(O)cc2c1OCCN1CCCC1. The Labute approximate surface area is 138 Å². The first kappa shape index (κ1) is 16.1. The molecule has 0 aliphatic carbocycles. The van der Waals surface area contributed by atoms with Gasteiger partial charge >= 0.3 is 0 Å². The van der Waals surface area contributed by atoms with Gasteiger partial charge in [0, 0.05) is 11.9 Å². The third-order valence-electron chi connectivity index (χ3n) is 4.79. The van der Waals surface area contributed by atoms with Crippen LogP contribution in [0.3, 0.4) is 0 Å². The minimum atomic E-state index is 0.306. The fourth-order valence-electron chi connectivity index (χ4n) is 3.40. The lowest BCUT2D eigenvalue weighted by Gasteiger charge is -2.18. The van der Waals surface area contributed by atoms with Crippen molar-refractivity contribution >= 4 is 10.8 Å². The molecule has 1 heterocycles. The van der Waals surface area contributed by atoms with E-state index in [0.29, 0.717) is 18.3 Å². The Morgan fingerprint density at radius 2 is 1.91 bits per heavy atom. The zero-order chi connectivity index (χ0) is 16.4. The molecular weight excluding hydrogens is 286 g/mol. The summed E-state index contributed by atoms with van der Waals surface area (Å²) in [4.78, 5) is 2.45. The maximum absolute atomic E-state index is 10.3. The minimum Gasteiger partial charge on any atom is -0.508 e. The zero-order valence-electron chi connectivity index (χ0n) is 14.4. The molecule has 0 saturated carbocycles. The highest BCUT2D eigenvalue weighted by atomic mass is 16.5. The van der Waals surface area contributed by atoms with Crippen molar-refractivity contribution in [3.63, 3.8) is 0 Å². The summed E-state index contributed by atoms with van der Waals surface area (Å²) in [5, 5.41) is 12.5. The molecule has 1 aliphatic heterocycles. The Hall–Kier alpha value is -1.74. The number of hydrogen-bond acceptors (Lipinski definition) is 3. The van der Waals surface area contributed by atoms with E-state index in [1.165, 1.54) is 25.9 Å². The van der Waals surface area contributed by atoms with Gasteiger partial charge in [-0.15, -0.1) is 0 Å². The normalized spacial score (nSPS) is 15.7. The fourth-order valence-corrected chi connectivity index (χ4v) is 3.40. The standard InChI is InChI=1S/C20H27NO2/c1-14(2)17-12-16-7-6-15(3)20(18(16)13-19(17)22)23-11-10-21-8-4-5-9-21/h6-7,12-14,22H,4-5,8-11H2,1-3H3. The number of likely N-dealkylation sites (tertiary alicyclic amines) is 1. The van der Waals surface area contributed by atoms with E-state index in [1.807, 2.05) is 6.07 Å². The largest absolute Gasteiger partial charge is 0.508 e. The Morgan fingerprint density at radius 3 is 2.61 bits per heavy atom. The molecule has 2 aromatic carbocycles. The summed E-state index contributed by atoms with van der Waals surface area (Å²) in [6.07, 6.45) is 2.61. The lowest BCUT2D eigenvalue weighted by Crippen LogP contribution is -2.25. The van der Waals surface area contributed by atoms with Gasteiger partial charge in [-0.05, 0) is 67.4 Å². The molecule has 0 aromatic heterocycles. The van der Waals surface area contributed by atoms with Gasteiger partial charge < -0.3 is 9.84 Å². The average Bonchev–Trinajstić information content (AvgIpc) is 3.02. The van der Waals surface area contributed by atoms with Gasteiger partial charge in [-0.2, -0.15) is 0 Å². The summed E-state index contributed by atoms with van der Waals surface area (Å²) in [6, 6.07) is 8.17. The monoisotopic (exact) mass is 313 g/mol. The number of phenolic OH excluding ortho intramolecular Hbond substituents is 1. The highest BCUT2D eigenvalue weighted by molar-refractivity contribution is 5.91. The highest BCUT2D eigenvalue weighted by Crippen LogP contribution is 2.36. The van der Waals surface area contributed by atoms with Gasteiger partial charge in [-0.3, -0.25) is 4.90 Å². The third kappa shape index (κ3) is 3.45. The molecule has 0 bridgehead atoms. The maximum atomic E-state index is 10.3. The van der Waals surface area contributed by atoms with Crippen LogP contribution in [0.25, 0.3) is 10.8 Å². The van der Waals surface area contributed by atoms with Crippen molar-refractivity contribution in [1.82, 2.24) is 4.90 Å². The van der Waals surface area contributed by atoms with E-state index in [1.54, 1.807) is 0 Å². The van der Waals surface area contributed by atoms with Crippen molar-refractivity contribution in [3.05, 3.63) is 35.4 Å². The van der Waals surface area contributed by atoms with Crippen LogP contribution in [0.1, 0.15) is 43.7 Å². The molecule has 1 N–H and O–H groups in total. The van der Waals surface area contributed by atoms with Crippen LogP contribution < -0.4 is 4.74 Å². The summed E-state index contributed by atoms with van der Waals surface area (Å²) in [7, 11) is 0. The van der Waals surface area contributed by atoms with Crippen LogP contribution in [0.5, 0.6) is 11.5 Å². The first-order chi connectivity index (χ1) is 11.1. The Morgan fingerprint density at radius 1 is 1.17 bits per heavy atom. The molecule has 1 saturated heterocycles. The molecule has 23 heavy (non-hydrogen) atoms. The average molecular weight is 313 g/mol. The number of hydrogen-bond donors (Lipinski definition) is 1. The molecule has 0 radical (unpaired) electrons. The van der Waals surface area contributed by atoms with Crippen molar-refractivity contribution in [3.8, 4) is 11.5 Å². The molecule has 1 fully saturated rings. The van der Waals surface area contributed by atoms with Gasteiger partial charge in [0.1, 0.15) is 18.1 Å². The third-order valence-corrected chi connectivity index (χ3v) is 4.79. The number of fused-ring (bicyclic) bond motifs is 1. The molecule has 1 aliphatic rings. The number of aryl methyl sites for hydroxylation is 1. The van der Waals surface area contributed by atoms with E-state index in [9.17, 15) is 5.11 Å².